The van der Waals surface area contributed by atoms with Crippen LogP contribution in [0.5, 0.6) is 5.75 Å². The van der Waals surface area contributed by atoms with Gasteiger partial charge in [-0.05, 0) is 12.1 Å². The van der Waals surface area contributed by atoms with Crippen molar-refractivity contribution in [2.75, 3.05) is 0 Å². The number of hydrogen-bond acceptors (Lipinski definition) is 3. The van der Waals surface area contributed by atoms with E-state index in [0.29, 0.717) is 10.2 Å². The van der Waals surface area contributed by atoms with Crippen LogP contribution in [0.1, 0.15) is 11.4 Å². The number of thiazole rings is 1. The maximum absolute atomic E-state index is 12.2. The standard InChI is InChI=1S/C8H5F2NOS/c9-7(10)8-11-5-3-4(12)1-2-6(5)13-8/h1-3,7,12H. The van der Waals surface area contributed by atoms with Crippen LogP contribution < -0.4 is 0 Å². The first-order valence-corrected chi connectivity index (χ1v) is 4.36. The van der Waals surface area contributed by atoms with Crippen LogP contribution in [0.15, 0.2) is 18.2 Å². The molecule has 68 valence electrons. The molecule has 5 heteroatoms. The molecule has 0 aliphatic rings. The van der Waals surface area contributed by atoms with E-state index in [0.717, 1.165) is 11.3 Å². The first-order chi connectivity index (χ1) is 6.16. The third-order valence-corrected chi connectivity index (χ3v) is 2.62. The molecule has 0 aliphatic carbocycles. The summed E-state index contributed by atoms with van der Waals surface area (Å²) in [5.41, 5.74) is 0.417. The van der Waals surface area contributed by atoms with E-state index in [9.17, 15) is 8.78 Å². The van der Waals surface area contributed by atoms with Gasteiger partial charge in [-0.1, -0.05) is 0 Å². The number of rotatable bonds is 1. The Balaban J connectivity index is 2.62. The molecule has 13 heavy (non-hydrogen) atoms. The van der Waals surface area contributed by atoms with E-state index in [4.69, 9.17) is 5.11 Å². The van der Waals surface area contributed by atoms with Crippen LogP contribution in [0.25, 0.3) is 10.2 Å². The van der Waals surface area contributed by atoms with Gasteiger partial charge in [0.25, 0.3) is 6.43 Å². The summed E-state index contributed by atoms with van der Waals surface area (Å²) in [7, 11) is 0. The number of phenols is 1. The summed E-state index contributed by atoms with van der Waals surface area (Å²) in [6, 6.07) is 4.40. The molecular weight excluding hydrogens is 196 g/mol. The Hall–Kier alpha value is -1.23. The molecule has 2 aromatic rings. The lowest BCUT2D eigenvalue weighted by Crippen LogP contribution is -1.78. The fourth-order valence-corrected chi connectivity index (χ4v) is 1.83. The molecule has 1 heterocycles. The van der Waals surface area contributed by atoms with E-state index in [2.05, 4.69) is 4.98 Å². The van der Waals surface area contributed by atoms with Gasteiger partial charge in [-0.25, -0.2) is 13.8 Å². The molecule has 0 saturated carbocycles. The summed E-state index contributed by atoms with van der Waals surface area (Å²) in [5, 5.41) is 8.85. The zero-order valence-corrected chi connectivity index (χ0v) is 7.18. The molecule has 0 atom stereocenters. The van der Waals surface area contributed by atoms with Gasteiger partial charge in [-0.3, -0.25) is 0 Å². The fourth-order valence-electron chi connectivity index (χ4n) is 1.03. The summed E-state index contributed by atoms with van der Waals surface area (Å²) < 4.78 is 25.0. The average Bonchev–Trinajstić information content (AvgIpc) is 2.46. The molecule has 1 N–H and O–H groups in total. The highest BCUT2D eigenvalue weighted by Crippen LogP contribution is 2.30. The van der Waals surface area contributed by atoms with Crippen LogP contribution in [0.3, 0.4) is 0 Å². The van der Waals surface area contributed by atoms with Crippen LogP contribution >= 0.6 is 11.3 Å². The molecule has 0 bridgehead atoms. The van der Waals surface area contributed by atoms with Crippen molar-refractivity contribution in [3.05, 3.63) is 23.2 Å². The summed E-state index contributed by atoms with van der Waals surface area (Å²) in [4.78, 5) is 3.68. The summed E-state index contributed by atoms with van der Waals surface area (Å²) in [6.45, 7) is 0. The number of aromatic hydroxyl groups is 1. The van der Waals surface area contributed by atoms with Gasteiger partial charge in [-0.2, -0.15) is 0 Å². The van der Waals surface area contributed by atoms with Crippen LogP contribution in [-0.4, -0.2) is 10.1 Å². The summed E-state index contributed by atoms with van der Waals surface area (Å²) in [5.74, 6) is 0.0404. The highest BCUT2D eigenvalue weighted by Gasteiger charge is 2.13. The molecule has 0 aliphatic heterocycles. The minimum absolute atomic E-state index is 0.0404. The van der Waals surface area contributed by atoms with Gasteiger partial charge in [0, 0.05) is 6.07 Å². The van der Waals surface area contributed by atoms with E-state index < -0.39 is 6.43 Å². The SMILES string of the molecule is Oc1ccc2sc(C(F)F)nc2c1. The third-order valence-electron chi connectivity index (χ3n) is 1.57. The van der Waals surface area contributed by atoms with Crippen molar-refractivity contribution in [1.29, 1.82) is 0 Å². The van der Waals surface area contributed by atoms with Crippen molar-refractivity contribution in [2.45, 2.75) is 6.43 Å². The lowest BCUT2D eigenvalue weighted by atomic mass is 10.3. The maximum atomic E-state index is 12.2. The van der Waals surface area contributed by atoms with E-state index in [-0.39, 0.29) is 10.8 Å². The third kappa shape index (κ3) is 1.47. The monoisotopic (exact) mass is 201 g/mol. The highest BCUT2D eigenvalue weighted by molar-refractivity contribution is 7.18. The molecule has 2 rings (SSSR count). The largest absolute Gasteiger partial charge is 0.508 e. The molecule has 2 nitrogen and oxygen atoms in total. The van der Waals surface area contributed by atoms with Crippen LogP contribution in [0.4, 0.5) is 8.78 Å². The Bertz CT molecular complexity index is 441. The normalized spacial score (nSPS) is 11.3. The van der Waals surface area contributed by atoms with Gasteiger partial charge >= 0.3 is 0 Å². The van der Waals surface area contributed by atoms with Gasteiger partial charge in [0.1, 0.15) is 5.75 Å². The van der Waals surface area contributed by atoms with Gasteiger partial charge in [0.15, 0.2) is 5.01 Å². The van der Waals surface area contributed by atoms with Crippen molar-refractivity contribution in [1.82, 2.24) is 4.98 Å². The Morgan fingerprint density at radius 3 is 2.85 bits per heavy atom. The molecule has 0 radical (unpaired) electrons. The predicted octanol–water partition coefficient (Wildman–Crippen LogP) is 2.94. The van der Waals surface area contributed by atoms with E-state index in [1.54, 1.807) is 6.07 Å². The second-order valence-electron chi connectivity index (χ2n) is 2.50. The number of alkyl halides is 2. The first-order valence-electron chi connectivity index (χ1n) is 3.54. The molecular formula is C8H5F2NOS. The lowest BCUT2D eigenvalue weighted by Gasteiger charge is -1.88. The number of halogens is 2. The summed E-state index contributed by atoms with van der Waals surface area (Å²) in [6.07, 6.45) is -2.54. The molecule has 1 aromatic carbocycles. The van der Waals surface area contributed by atoms with Crippen molar-refractivity contribution in [3.63, 3.8) is 0 Å². The van der Waals surface area contributed by atoms with Crippen molar-refractivity contribution in [2.24, 2.45) is 0 Å². The predicted molar refractivity (Wildman–Crippen MR) is 46.2 cm³/mol. The maximum Gasteiger partial charge on any atom is 0.289 e. The van der Waals surface area contributed by atoms with E-state index in [1.165, 1.54) is 12.1 Å². The topological polar surface area (TPSA) is 33.1 Å². The van der Waals surface area contributed by atoms with Crippen molar-refractivity contribution >= 4 is 21.6 Å². The second kappa shape index (κ2) is 2.92. The number of nitrogens with zero attached hydrogens (tertiary/aromatic N) is 1. The Morgan fingerprint density at radius 2 is 2.15 bits per heavy atom. The quantitative estimate of drug-likeness (QED) is 0.769. The molecule has 0 amide bonds. The minimum atomic E-state index is -2.54. The number of hydrogen-bond donors (Lipinski definition) is 1. The van der Waals surface area contributed by atoms with Gasteiger partial charge in [0.2, 0.25) is 0 Å². The van der Waals surface area contributed by atoms with Crippen molar-refractivity contribution < 1.29 is 13.9 Å². The average molecular weight is 201 g/mol. The van der Waals surface area contributed by atoms with Crippen molar-refractivity contribution in [3.8, 4) is 5.75 Å². The van der Waals surface area contributed by atoms with Gasteiger partial charge in [0.05, 0.1) is 10.2 Å². The zero-order valence-electron chi connectivity index (χ0n) is 6.37. The van der Waals surface area contributed by atoms with Gasteiger partial charge in [-0.15, -0.1) is 11.3 Å². The first kappa shape index (κ1) is 8.37. The molecule has 0 spiro atoms. The lowest BCUT2D eigenvalue weighted by molar-refractivity contribution is 0.151. The molecule has 0 unspecified atom stereocenters. The minimum Gasteiger partial charge on any atom is -0.508 e. The highest BCUT2D eigenvalue weighted by atomic mass is 32.1. The van der Waals surface area contributed by atoms with E-state index in [1.807, 2.05) is 0 Å². The van der Waals surface area contributed by atoms with Gasteiger partial charge < -0.3 is 5.11 Å². The van der Waals surface area contributed by atoms with Crippen LogP contribution in [-0.2, 0) is 0 Å². The smallest absolute Gasteiger partial charge is 0.289 e. The number of benzene rings is 1. The Labute approximate surface area is 76.5 Å². The Kier molecular flexibility index (Phi) is 1.88. The zero-order chi connectivity index (χ0) is 9.42. The number of fused-ring (bicyclic) bond motifs is 1. The fraction of sp³-hybridized carbons (Fsp3) is 0.125. The second-order valence-corrected chi connectivity index (χ2v) is 3.57. The summed E-state index contributed by atoms with van der Waals surface area (Å²) >= 11 is 0.942. The van der Waals surface area contributed by atoms with E-state index >= 15 is 0 Å². The van der Waals surface area contributed by atoms with Crippen LogP contribution in [0, 0.1) is 0 Å². The number of phenolic OH excluding ortho intramolecular Hbond substituents is 1. The molecule has 0 saturated heterocycles. The van der Waals surface area contributed by atoms with Crippen LogP contribution in [0.2, 0.25) is 0 Å². The number of aromatic nitrogens is 1. The Morgan fingerprint density at radius 1 is 1.38 bits per heavy atom. The molecule has 1 aromatic heterocycles. The molecule has 0 fully saturated rings.